The van der Waals surface area contributed by atoms with Gasteiger partial charge in [-0.05, 0) is 12.1 Å². The normalized spacial score (nSPS) is 14.4. The Morgan fingerprint density at radius 2 is 2.10 bits per heavy atom. The number of para-hydroxylation sites is 1. The van der Waals surface area contributed by atoms with E-state index in [0.717, 1.165) is 0 Å². The smallest absolute Gasteiger partial charge is 0.337 e. The van der Waals surface area contributed by atoms with Gasteiger partial charge < -0.3 is 14.9 Å². The monoisotopic (exact) mass is 294 g/mol. The van der Waals surface area contributed by atoms with Crippen LogP contribution in [0.2, 0.25) is 0 Å². The lowest BCUT2D eigenvalue weighted by molar-refractivity contribution is -0.131. The van der Waals surface area contributed by atoms with E-state index in [0.29, 0.717) is 17.3 Å². The van der Waals surface area contributed by atoms with Crippen LogP contribution in [0.5, 0.6) is 0 Å². The Labute approximate surface area is 120 Å². The lowest BCUT2D eigenvalue weighted by Crippen LogP contribution is -2.39. The third-order valence-electron chi connectivity index (χ3n) is 3.02. The van der Waals surface area contributed by atoms with Crippen molar-refractivity contribution in [2.45, 2.75) is 0 Å². The van der Waals surface area contributed by atoms with Crippen molar-refractivity contribution in [3.8, 4) is 0 Å². The van der Waals surface area contributed by atoms with E-state index in [2.05, 4.69) is 0 Å². The van der Waals surface area contributed by atoms with Crippen molar-refractivity contribution in [2.75, 3.05) is 30.1 Å². The molecule has 2 rings (SSSR count). The fourth-order valence-corrected chi connectivity index (χ4v) is 2.80. The SMILES string of the molecule is CN(C(=O)CN1CSCC1=O)c1ccccc1C(=O)O. The summed E-state index contributed by atoms with van der Waals surface area (Å²) in [6.07, 6.45) is 0. The first-order chi connectivity index (χ1) is 9.50. The number of benzene rings is 1. The van der Waals surface area contributed by atoms with Gasteiger partial charge >= 0.3 is 5.97 Å². The highest BCUT2D eigenvalue weighted by Gasteiger charge is 2.25. The van der Waals surface area contributed by atoms with Gasteiger partial charge in [0.15, 0.2) is 0 Å². The van der Waals surface area contributed by atoms with Crippen LogP contribution in [-0.4, -0.2) is 53.0 Å². The van der Waals surface area contributed by atoms with Crippen LogP contribution in [0.4, 0.5) is 5.69 Å². The summed E-state index contributed by atoms with van der Waals surface area (Å²) in [4.78, 5) is 37.5. The molecule has 1 aromatic rings. The molecule has 1 fully saturated rings. The molecular weight excluding hydrogens is 280 g/mol. The van der Waals surface area contributed by atoms with E-state index in [1.165, 1.54) is 34.7 Å². The minimum Gasteiger partial charge on any atom is -0.478 e. The molecule has 1 aliphatic rings. The fourth-order valence-electron chi connectivity index (χ4n) is 1.89. The largest absolute Gasteiger partial charge is 0.478 e. The Balaban J connectivity index is 2.14. The van der Waals surface area contributed by atoms with Gasteiger partial charge in [-0.25, -0.2) is 4.79 Å². The average molecular weight is 294 g/mol. The number of thioether (sulfide) groups is 1. The topological polar surface area (TPSA) is 77.9 Å². The van der Waals surface area contributed by atoms with Gasteiger partial charge in [-0.3, -0.25) is 9.59 Å². The minimum absolute atomic E-state index is 0.0315. The van der Waals surface area contributed by atoms with Crippen molar-refractivity contribution in [1.82, 2.24) is 4.90 Å². The quantitative estimate of drug-likeness (QED) is 0.892. The number of amides is 2. The summed E-state index contributed by atoms with van der Waals surface area (Å²) in [5, 5.41) is 9.12. The molecule has 1 N–H and O–H groups in total. The second kappa shape index (κ2) is 5.96. The van der Waals surface area contributed by atoms with Gasteiger partial charge in [0, 0.05) is 7.05 Å². The molecule has 2 amide bonds. The third-order valence-corrected chi connectivity index (χ3v) is 3.97. The number of carbonyl (C=O) groups excluding carboxylic acids is 2. The summed E-state index contributed by atoms with van der Waals surface area (Å²) >= 11 is 1.46. The molecule has 7 heteroatoms. The summed E-state index contributed by atoms with van der Waals surface area (Å²) in [6, 6.07) is 6.29. The van der Waals surface area contributed by atoms with Gasteiger partial charge in [-0.15, -0.1) is 11.8 Å². The first kappa shape index (κ1) is 14.4. The molecule has 20 heavy (non-hydrogen) atoms. The first-order valence-electron chi connectivity index (χ1n) is 5.95. The molecule has 0 saturated carbocycles. The first-order valence-corrected chi connectivity index (χ1v) is 7.10. The zero-order valence-electron chi connectivity index (χ0n) is 10.9. The number of nitrogens with zero attached hydrogens (tertiary/aromatic N) is 2. The molecule has 106 valence electrons. The summed E-state index contributed by atoms with van der Waals surface area (Å²) in [6.45, 7) is -0.0315. The van der Waals surface area contributed by atoms with Crippen LogP contribution in [0.1, 0.15) is 10.4 Å². The number of hydrogen-bond donors (Lipinski definition) is 1. The van der Waals surface area contributed by atoms with Crippen molar-refractivity contribution in [3.05, 3.63) is 29.8 Å². The molecular formula is C13H14N2O4S. The number of hydrogen-bond acceptors (Lipinski definition) is 4. The summed E-state index contributed by atoms with van der Waals surface area (Å²) in [5.41, 5.74) is 0.384. The van der Waals surface area contributed by atoms with E-state index in [1.807, 2.05) is 0 Å². The molecule has 1 aromatic carbocycles. The second-order valence-electron chi connectivity index (χ2n) is 4.34. The van der Waals surface area contributed by atoms with Crippen LogP contribution < -0.4 is 4.90 Å². The zero-order chi connectivity index (χ0) is 14.7. The van der Waals surface area contributed by atoms with Crippen LogP contribution in [0.15, 0.2) is 24.3 Å². The zero-order valence-corrected chi connectivity index (χ0v) is 11.7. The Hall–Kier alpha value is -2.02. The van der Waals surface area contributed by atoms with Gasteiger partial charge in [-0.1, -0.05) is 12.1 Å². The standard InChI is InChI=1S/C13H14N2O4S/c1-14(10-5-3-2-4-9(10)13(18)19)11(16)6-15-8-20-7-12(15)17/h2-5H,6-8H2,1H3,(H,18,19). The summed E-state index contributed by atoms with van der Waals surface area (Å²) < 4.78 is 0. The van der Waals surface area contributed by atoms with Crippen LogP contribution in [0, 0.1) is 0 Å². The lowest BCUT2D eigenvalue weighted by atomic mass is 10.1. The number of aromatic carboxylic acids is 1. The van der Waals surface area contributed by atoms with E-state index in [1.54, 1.807) is 18.2 Å². The Morgan fingerprint density at radius 3 is 2.70 bits per heavy atom. The Morgan fingerprint density at radius 1 is 1.40 bits per heavy atom. The molecule has 0 unspecified atom stereocenters. The maximum atomic E-state index is 12.1. The lowest BCUT2D eigenvalue weighted by Gasteiger charge is -2.22. The van der Waals surface area contributed by atoms with Gasteiger partial charge in [-0.2, -0.15) is 0 Å². The summed E-state index contributed by atoms with van der Waals surface area (Å²) in [5.74, 6) is -0.576. The van der Waals surface area contributed by atoms with E-state index >= 15 is 0 Å². The van der Waals surface area contributed by atoms with Crippen molar-refractivity contribution < 1.29 is 19.5 Å². The molecule has 0 atom stereocenters. The molecule has 0 spiro atoms. The second-order valence-corrected chi connectivity index (χ2v) is 5.30. The van der Waals surface area contributed by atoms with Gasteiger partial charge in [0.2, 0.25) is 11.8 Å². The summed E-state index contributed by atoms with van der Waals surface area (Å²) in [7, 11) is 1.51. The highest BCUT2D eigenvalue weighted by atomic mass is 32.2. The van der Waals surface area contributed by atoms with Crippen LogP contribution in [0.3, 0.4) is 0 Å². The van der Waals surface area contributed by atoms with Gasteiger partial charge in [0.25, 0.3) is 0 Å². The van der Waals surface area contributed by atoms with E-state index in [9.17, 15) is 14.4 Å². The highest BCUT2D eigenvalue weighted by Crippen LogP contribution is 2.20. The van der Waals surface area contributed by atoms with Crippen molar-refractivity contribution in [1.29, 1.82) is 0 Å². The molecule has 0 aromatic heterocycles. The number of carboxylic acid groups (broad SMARTS) is 1. The molecule has 0 aliphatic carbocycles. The number of rotatable bonds is 4. The number of anilines is 1. The van der Waals surface area contributed by atoms with E-state index in [4.69, 9.17) is 5.11 Å². The van der Waals surface area contributed by atoms with Crippen molar-refractivity contribution in [2.24, 2.45) is 0 Å². The molecule has 0 bridgehead atoms. The average Bonchev–Trinajstić information content (AvgIpc) is 2.83. The molecule has 1 saturated heterocycles. The van der Waals surface area contributed by atoms with Crippen molar-refractivity contribution >= 4 is 35.2 Å². The molecule has 6 nitrogen and oxygen atoms in total. The third kappa shape index (κ3) is 2.93. The maximum absolute atomic E-state index is 12.1. The van der Waals surface area contributed by atoms with Gasteiger partial charge in [0.05, 0.1) is 22.9 Å². The van der Waals surface area contributed by atoms with Crippen LogP contribution in [0.25, 0.3) is 0 Å². The fraction of sp³-hybridized carbons (Fsp3) is 0.308. The van der Waals surface area contributed by atoms with E-state index < -0.39 is 5.97 Å². The molecule has 0 radical (unpaired) electrons. The number of carbonyl (C=O) groups is 3. The van der Waals surface area contributed by atoms with Crippen molar-refractivity contribution in [3.63, 3.8) is 0 Å². The molecule has 1 aliphatic heterocycles. The van der Waals surface area contributed by atoms with Crippen LogP contribution >= 0.6 is 11.8 Å². The van der Waals surface area contributed by atoms with Gasteiger partial charge in [0.1, 0.15) is 6.54 Å². The number of carboxylic acids is 1. The Kier molecular flexibility index (Phi) is 4.29. The van der Waals surface area contributed by atoms with E-state index in [-0.39, 0.29) is 23.9 Å². The molecule has 1 heterocycles. The maximum Gasteiger partial charge on any atom is 0.337 e. The Bertz CT molecular complexity index is 561. The minimum atomic E-state index is -1.09. The highest BCUT2D eigenvalue weighted by molar-refractivity contribution is 8.00. The predicted octanol–water partition coefficient (Wildman–Crippen LogP) is 0.880. The van der Waals surface area contributed by atoms with Crippen LogP contribution in [-0.2, 0) is 9.59 Å². The number of likely N-dealkylation sites (N-methyl/N-ethyl adjacent to an activating group) is 1. The predicted molar refractivity (Wildman–Crippen MR) is 75.8 cm³/mol.